The second-order valence-corrected chi connectivity index (χ2v) is 3.26. The molecule has 0 aliphatic heterocycles. The van der Waals surface area contributed by atoms with Crippen LogP contribution >= 0.6 is 12.4 Å². The Morgan fingerprint density at radius 2 is 2.06 bits per heavy atom. The average Bonchev–Trinajstić information content (AvgIpc) is 2.52. The number of hydrogen-bond acceptors (Lipinski definition) is 4. The summed E-state index contributed by atoms with van der Waals surface area (Å²) in [7, 11) is 0. The van der Waals surface area contributed by atoms with E-state index in [1.807, 2.05) is 6.92 Å². The summed E-state index contributed by atoms with van der Waals surface area (Å²) >= 11 is 0. The lowest BCUT2D eigenvalue weighted by Gasteiger charge is -2.03. The molecule has 92 valence electrons. The summed E-state index contributed by atoms with van der Waals surface area (Å²) in [6, 6.07) is 0. The van der Waals surface area contributed by atoms with E-state index in [0.717, 1.165) is 13.1 Å². The molecule has 16 heavy (non-hydrogen) atoms. The highest BCUT2D eigenvalue weighted by Crippen LogP contribution is 2.08. The van der Waals surface area contributed by atoms with E-state index in [0.29, 0.717) is 23.9 Å². The van der Waals surface area contributed by atoms with E-state index >= 15 is 0 Å². The molecule has 0 saturated heterocycles. The van der Waals surface area contributed by atoms with Gasteiger partial charge in [-0.25, -0.2) is 4.98 Å². The van der Waals surface area contributed by atoms with Crippen molar-refractivity contribution in [3.8, 4) is 0 Å². The molecule has 5 nitrogen and oxygen atoms in total. The maximum absolute atomic E-state index is 11.6. The van der Waals surface area contributed by atoms with Crippen LogP contribution in [0.2, 0.25) is 0 Å². The summed E-state index contributed by atoms with van der Waals surface area (Å²) in [6.07, 6.45) is 0. The number of rotatable bonds is 5. The van der Waals surface area contributed by atoms with Crippen LogP contribution in [0, 0.1) is 13.8 Å². The van der Waals surface area contributed by atoms with Gasteiger partial charge in [0.25, 0.3) is 5.91 Å². The van der Waals surface area contributed by atoms with E-state index in [1.54, 1.807) is 13.8 Å². The molecule has 2 N–H and O–H groups in total. The highest BCUT2D eigenvalue weighted by atomic mass is 35.5. The van der Waals surface area contributed by atoms with Crippen molar-refractivity contribution in [2.75, 3.05) is 19.6 Å². The molecule has 0 unspecified atom stereocenters. The number of amides is 1. The smallest absolute Gasteiger partial charge is 0.289 e. The molecule has 0 radical (unpaired) electrons. The monoisotopic (exact) mass is 247 g/mol. The molecular formula is C10H18ClN3O2. The fraction of sp³-hybridized carbons (Fsp3) is 0.600. The maximum atomic E-state index is 11.6. The minimum Gasteiger partial charge on any atom is -0.436 e. The fourth-order valence-electron chi connectivity index (χ4n) is 1.26. The maximum Gasteiger partial charge on any atom is 0.289 e. The number of nitrogens with one attached hydrogen (secondary N) is 2. The van der Waals surface area contributed by atoms with E-state index < -0.39 is 0 Å². The Morgan fingerprint density at radius 3 is 2.56 bits per heavy atom. The molecule has 0 aromatic carbocycles. The minimum absolute atomic E-state index is 0. The van der Waals surface area contributed by atoms with Crippen molar-refractivity contribution in [2.45, 2.75) is 20.8 Å². The lowest BCUT2D eigenvalue weighted by molar-refractivity contribution is 0.0924. The fourth-order valence-corrected chi connectivity index (χ4v) is 1.26. The summed E-state index contributed by atoms with van der Waals surface area (Å²) < 4.78 is 5.19. The molecular weight excluding hydrogens is 230 g/mol. The first kappa shape index (κ1) is 14.9. The molecule has 0 aliphatic rings. The Balaban J connectivity index is 0.00000225. The van der Waals surface area contributed by atoms with E-state index in [9.17, 15) is 4.79 Å². The number of hydrogen-bond donors (Lipinski definition) is 2. The molecule has 0 spiro atoms. The van der Waals surface area contributed by atoms with Gasteiger partial charge in [-0.3, -0.25) is 4.79 Å². The molecule has 1 aromatic rings. The molecule has 1 rings (SSSR count). The van der Waals surface area contributed by atoms with Crippen molar-refractivity contribution in [3.05, 3.63) is 17.3 Å². The van der Waals surface area contributed by atoms with Crippen LogP contribution in [0.3, 0.4) is 0 Å². The number of aryl methyl sites for hydroxylation is 2. The standard InChI is InChI=1S/C10H17N3O2.ClH/c1-4-11-5-6-12-10(14)9-7(2)13-8(3)15-9;/h11H,4-6H2,1-3H3,(H,12,14);1H. The SMILES string of the molecule is CCNCCNC(=O)c1oc(C)nc1C.Cl. The van der Waals surface area contributed by atoms with Crippen molar-refractivity contribution in [1.82, 2.24) is 15.6 Å². The van der Waals surface area contributed by atoms with Crippen LogP contribution in [-0.2, 0) is 0 Å². The Hall–Kier alpha value is -1.07. The first-order chi connectivity index (χ1) is 7.15. The molecule has 0 aliphatic carbocycles. The van der Waals surface area contributed by atoms with Gasteiger partial charge in [0, 0.05) is 20.0 Å². The van der Waals surface area contributed by atoms with E-state index in [1.165, 1.54) is 0 Å². The third-order valence-corrected chi connectivity index (χ3v) is 1.95. The highest BCUT2D eigenvalue weighted by molar-refractivity contribution is 5.92. The summed E-state index contributed by atoms with van der Waals surface area (Å²) in [4.78, 5) is 15.6. The Morgan fingerprint density at radius 1 is 1.38 bits per heavy atom. The van der Waals surface area contributed by atoms with Crippen molar-refractivity contribution in [1.29, 1.82) is 0 Å². The lowest BCUT2D eigenvalue weighted by atomic mass is 10.3. The van der Waals surface area contributed by atoms with Crippen molar-refractivity contribution in [3.63, 3.8) is 0 Å². The molecule has 0 saturated carbocycles. The van der Waals surface area contributed by atoms with E-state index in [2.05, 4.69) is 15.6 Å². The summed E-state index contributed by atoms with van der Waals surface area (Å²) in [5, 5.41) is 5.87. The third kappa shape index (κ3) is 4.20. The Bertz CT molecular complexity index is 339. The van der Waals surface area contributed by atoms with Gasteiger partial charge in [-0.2, -0.15) is 0 Å². The quantitative estimate of drug-likeness (QED) is 0.764. The molecule has 0 atom stereocenters. The predicted molar refractivity (Wildman–Crippen MR) is 64.1 cm³/mol. The molecule has 0 bridgehead atoms. The number of likely N-dealkylation sites (N-methyl/N-ethyl adjacent to an activating group) is 1. The Kier molecular flexibility index (Phi) is 6.76. The van der Waals surface area contributed by atoms with Crippen LogP contribution < -0.4 is 10.6 Å². The first-order valence-corrected chi connectivity index (χ1v) is 5.08. The summed E-state index contributed by atoms with van der Waals surface area (Å²) in [5.41, 5.74) is 0.633. The van der Waals surface area contributed by atoms with Crippen molar-refractivity contribution in [2.24, 2.45) is 0 Å². The van der Waals surface area contributed by atoms with E-state index in [-0.39, 0.29) is 18.3 Å². The first-order valence-electron chi connectivity index (χ1n) is 5.08. The zero-order chi connectivity index (χ0) is 11.3. The zero-order valence-corrected chi connectivity index (χ0v) is 10.6. The normalized spacial score (nSPS) is 9.69. The molecule has 1 aromatic heterocycles. The van der Waals surface area contributed by atoms with Gasteiger partial charge >= 0.3 is 0 Å². The molecule has 1 amide bonds. The van der Waals surface area contributed by atoms with Gasteiger partial charge in [0.2, 0.25) is 5.76 Å². The van der Waals surface area contributed by atoms with Gasteiger partial charge in [-0.05, 0) is 13.5 Å². The van der Waals surface area contributed by atoms with Gasteiger partial charge in [-0.1, -0.05) is 6.92 Å². The molecule has 6 heteroatoms. The molecule has 1 heterocycles. The topological polar surface area (TPSA) is 67.2 Å². The van der Waals surface area contributed by atoms with Gasteiger partial charge in [0.15, 0.2) is 5.89 Å². The van der Waals surface area contributed by atoms with Crippen LogP contribution in [0.25, 0.3) is 0 Å². The largest absolute Gasteiger partial charge is 0.436 e. The van der Waals surface area contributed by atoms with Gasteiger partial charge < -0.3 is 15.1 Å². The highest BCUT2D eigenvalue weighted by Gasteiger charge is 2.14. The zero-order valence-electron chi connectivity index (χ0n) is 9.79. The lowest BCUT2D eigenvalue weighted by Crippen LogP contribution is -2.31. The Labute approximate surface area is 101 Å². The second-order valence-electron chi connectivity index (χ2n) is 3.26. The average molecular weight is 248 g/mol. The van der Waals surface area contributed by atoms with Crippen LogP contribution in [-0.4, -0.2) is 30.5 Å². The number of oxazole rings is 1. The number of nitrogens with zero attached hydrogens (tertiary/aromatic N) is 1. The third-order valence-electron chi connectivity index (χ3n) is 1.95. The number of aromatic nitrogens is 1. The van der Waals surface area contributed by atoms with Crippen molar-refractivity contribution >= 4 is 18.3 Å². The molecule has 0 fully saturated rings. The number of halogens is 1. The van der Waals surface area contributed by atoms with Gasteiger partial charge in [0.1, 0.15) is 0 Å². The van der Waals surface area contributed by atoms with Crippen LogP contribution in [0.1, 0.15) is 29.1 Å². The van der Waals surface area contributed by atoms with Crippen LogP contribution in [0.5, 0.6) is 0 Å². The van der Waals surface area contributed by atoms with Crippen LogP contribution in [0.4, 0.5) is 0 Å². The number of carbonyl (C=O) groups excluding carboxylic acids is 1. The number of carbonyl (C=O) groups is 1. The predicted octanol–water partition coefficient (Wildman–Crippen LogP) is 1.05. The van der Waals surface area contributed by atoms with Crippen molar-refractivity contribution < 1.29 is 9.21 Å². The second kappa shape index (κ2) is 7.24. The van der Waals surface area contributed by atoms with Gasteiger partial charge in [-0.15, -0.1) is 12.4 Å². The minimum atomic E-state index is -0.203. The van der Waals surface area contributed by atoms with E-state index in [4.69, 9.17) is 4.42 Å². The summed E-state index contributed by atoms with van der Waals surface area (Å²) in [5.74, 6) is 0.624. The summed E-state index contributed by atoms with van der Waals surface area (Å²) in [6.45, 7) is 7.75. The van der Waals surface area contributed by atoms with Gasteiger partial charge in [0.05, 0.1) is 5.69 Å². The van der Waals surface area contributed by atoms with Crippen LogP contribution in [0.15, 0.2) is 4.42 Å².